The zero-order valence-electron chi connectivity index (χ0n) is 17.2. The molecule has 4 rings (SSSR count). The Morgan fingerprint density at radius 3 is 2.39 bits per heavy atom. The van der Waals surface area contributed by atoms with Gasteiger partial charge in [0.2, 0.25) is 5.91 Å². The van der Waals surface area contributed by atoms with E-state index in [2.05, 4.69) is 9.80 Å². The average molecular weight is 394 g/mol. The topological polar surface area (TPSA) is 62.3 Å². The molecular weight excluding hydrogens is 358 g/mol. The predicted molar refractivity (Wildman–Crippen MR) is 105 cm³/mol. The lowest BCUT2D eigenvalue weighted by molar-refractivity contribution is -0.134. The third-order valence-electron chi connectivity index (χ3n) is 7.04. The van der Waals surface area contributed by atoms with Crippen LogP contribution >= 0.6 is 0 Å². The van der Waals surface area contributed by atoms with Gasteiger partial charge in [-0.2, -0.15) is 0 Å². The van der Waals surface area contributed by atoms with Crippen LogP contribution in [0.4, 0.5) is 4.79 Å². The standard InChI is InChI=1S/C21H35N3O4/c1-2-28-21(26)24-18-12-17(13-19(24)15-27-14-18)22-10-7-16(8-11-22)23-9-5-3-4-6-20(23)25/h16-19H,2-15H2,1H3. The Morgan fingerprint density at radius 2 is 1.71 bits per heavy atom. The van der Waals surface area contributed by atoms with E-state index >= 15 is 0 Å². The summed E-state index contributed by atoms with van der Waals surface area (Å²) in [5.74, 6) is 0.366. The summed E-state index contributed by atoms with van der Waals surface area (Å²) in [5, 5.41) is 0. The maximum absolute atomic E-state index is 12.4. The van der Waals surface area contributed by atoms with Gasteiger partial charge >= 0.3 is 6.09 Å². The maximum Gasteiger partial charge on any atom is 0.410 e. The number of carbonyl (C=O) groups excluding carboxylic acids is 2. The van der Waals surface area contributed by atoms with E-state index < -0.39 is 0 Å². The van der Waals surface area contributed by atoms with Crippen LogP contribution in [0.2, 0.25) is 0 Å². The summed E-state index contributed by atoms with van der Waals surface area (Å²) in [6.07, 6.45) is 8.02. The molecule has 2 unspecified atom stereocenters. The first-order chi connectivity index (χ1) is 13.7. The molecule has 28 heavy (non-hydrogen) atoms. The minimum Gasteiger partial charge on any atom is -0.450 e. The van der Waals surface area contributed by atoms with Gasteiger partial charge in [0.1, 0.15) is 0 Å². The van der Waals surface area contributed by atoms with Crippen LogP contribution in [-0.4, -0.2) is 90.3 Å². The van der Waals surface area contributed by atoms with Crippen molar-refractivity contribution in [3.63, 3.8) is 0 Å². The molecule has 158 valence electrons. The normalized spacial score (nSPS) is 32.9. The van der Waals surface area contributed by atoms with Gasteiger partial charge in [-0.15, -0.1) is 0 Å². The monoisotopic (exact) mass is 393 g/mol. The summed E-state index contributed by atoms with van der Waals surface area (Å²) in [6, 6.07) is 1.18. The van der Waals surface area contributed by atoms with Crippen LogP contribution in [0.25, 0.3) is 0 Å². The first-order valence-electron chi connectivity index (χ1n) is 11.2. The van der Waals surface area contributed by atoms with E-state index in [1.54, 1.807) is 0 Å². The van der Waals surface area contributed by atoms with E-state index in [1.807, 2.05) is 11.8 Å². The Hall–Kier alpha value is -1.34. The molecule has 4 saturated heterocycles. The summed E-state index contributed by atoms with van der Waals surface area (Å²) < 4.78 is 11.0. The fourth-order valence-corrected chi connectivity index (χ4v) is 5.63. The maximum atomic E-state index is 12.4. The number of rotatable bonds is 3. The van der Waals surface area contributed by atoms with Gasteiger partial charge < -0.3 is 19.3 Å². The van der Waals surface area contributed by atoms with Crippen LogP contribution < -0.4 is 0 Å². The average Bonchev–Trinajstić information content (AvgIpc) is 2.91. The molecule has 0 saturated carbocycles. The molecule has 0 spiro atoms. The van der Waals surface area contributed by atoms with E-state index in [1.165, 1.54) is 6.42 Å². The van der Waals surface area contributed by atoms with Gasteiger partial charge in [0.05, 0.1) is 31.9 Å². The Balaban J connectivity index is 1.33. The van der Waals surface area contributed by atoms with Gasteiger partial charge in [0.15, 0.2) is 0 Å². The van der Waals surface area contributed by atoms with Crippen LogP contribution in [0.15, 0.2) is 0 Å². The molecule has 0 radical (unpaired) electrons. The molecule has 0 N–H and O–H groups in total. The molecule has 2 amide bonds. The number of carbonyl (C=O) groups is 2. The highest BCUT2D eigenvalue weighted by Gasteiger charge is 2.44. The summed E-state index contributed by atoms with van der Waals surface area (Å²) in [6.45, 7) is 6.56. The van der Waals surface area contributed by atoms with E-state index in [9.17, 15) is 9.59 Å². The minimum atomic E-state index is -0.183. The number of nitrogens with zero attached hydrogens (tertiary/aromatic N) is 3. The number of hydrogen-bond donors (Lipinski definition) is 0. The largest absolute Gasteiger partial charge is 0.450 e. The lowest BCUT2D eigenvalue weighted by Gasteiger charge is -2.51. The predicted octanol–water partition coefficient (Wildman–Crippen LogP) is 2.24. The van der Waals surface area contributed by atoms with Gasteiger partial charge in [-0.05, 0) is 45.4 Å². The number of morpholine rings is 1. The number of likely N-dealkylation sites (tertiary alicyclic amines) is 2. The Labute approximate surface area is 168 Å². The van der Waals surface area contributed by atoms with E-state index in [0.717, 1.165) is 64.6 Å². The van der Waals surface area contributed by atoms with E-state index in [-0.39, 0.29) is 18.2 Å². The molecule has 4 fully saturated rings. The Kier molecular flexibility index (Phi) is 6.41. The number of fused-ring (bicyclic) bond motifs is 2. The molecule has 0 aliphatic carbocycles. The fraction of sp³-hybridized carbons (Fsp3) is 0.905. The van der Waals surface area contributed by atoms with Crippen LogP contribution in [0, 0.1) is 0 Å². The van der Waals surface area contributed by atoms with Crippen molar-refractivity contribution in [3.05, 3.63) is 0 Å². The lowest BCUT2D eigenvalue weighted by atomic mass is 9.88. The number of amides is 2. The molecule has 2 bridgehead atoms. The highest BCUT2D eigenvalue weighted by Crippen LogP contribution is 2.33. The minimum absolute atomic E-state index is 0.126. The fourth-order valence-electron chi connectivity index (χ4n) is 5.63. The van der Waals surface area contributed by atoms with Crippen molar-refractivity contribution in [2.45, 2.75) is 82.5 Å². The highest BCUT2D eigenvalue weighted by molar-refractivity contribution is 5.76. The van der Waals surface area contributed by atoms with Crippen molar-refractivity contribution in [1.82, 2.24) is 14.7 Å². The molecule has 4 aliphatic heterocycles. The number of ether oxygens (including phenoxy) is 2. The molecule has 2 atom stereocenters. The molecule has 4 heterocycles. The zero-order valence-corrected chi connectivity index (χ0v) is 17.2. The second-order valence-electron chi connectivity index (χ2n) is 8.74. The Morgan fingerprint density at radius 1 is 1.00 bits per heavy atom. The summed E-state index contributed by atoms with van der Waals surface area (Å²) in [5.41, 5.74) is 0. The van der Waals surface area contributed by atoms with Crippen molar-refractivity contribution in [2.75, 3.05) is 39.5 Å². The quantitative estimate of drug-likeness (QED) is 0.736. The molecule has 4 aliphatic rings. The first kappa shape index (κ1) is 20.0. The molecule has 7 nitrogen and oxygen atoms in total. The van der Waals surface area contributed by atoms with E-state index in [4.69, 9.17) is 9.47 Å². The second kappa shape index (κ2) is 8.99. The molecule has 0 aromatic rings. The van der Waals surface area contributed by atoms with Gasteiger partial charge in [-0.25, -0.2) is 4.79 Å². The van der Waals surface area contributed by atoms with Crippen LogP contribution in [0.1, 0.15) is 58.3 Å². The SMILES string of the molecule is CCOC(=O)N1C2COCC1CC(N1CCC(N3CCCCCC3=O)CC1)C2. The number of piperidine rings is 2. The lowest BCUT2D eigenvalue weighted by Crippen LogP contribution is -2.63. The van der Waals surface area contributed by atoms with Crippen molar-refractivity contribution < 1.29 is 19.1 Å². The molecule has 0 aromatic heterocycles. The molecular formula is C21H35N3O4. The summed E-state index contributed by atoms with van der Waals surface area (Å²) in [4.78, 5) is 31.5. The summed E-state index contributed by atoms with van der Waals surface area (Å²) >= 11 is 0. The van der Waals surface area contributed by atoms with Crippen molar-refractivity contribution in [1.29, 1.82) is 0 Å². The molecule has 7 heteroatoms. The second-order valence-corrected chi connectivity index (χ2v) is 8.74. The number of hydrogen-bond acceptors (Lipinski definition) is 5. The van der Waals surface area contributed by atoms with Gasteiger partial charge in [0.25, 0.3) is 0 Å². The van der Waals surface area contributed by atoms with Crippen molar-refractivity contribution in [2.24, 2.45) is 0 Å². The van der Waals surface area contributed by atoms with Crippen molar-refractivity contribution in [3.8, 4) is 0 Å². The Bertz CT molecular complexity index is 550. The van der Waals surface area contributed by atoms with Crippen LogP contribution in [0.3, 0.4) is 0 Å². The van der Waals surface area contributed by atoms with Crippen LogP contribution in [0.5, 0.6) is 0 Å². The first-order valence-corrected chi connectivity index (χ1v) is 11.2. The summed E-state index contributed by atoms with van der Waals surface area (Å²) in [7, 11) is 0. The van der Waals surface area contributed by atoms with Gasteiger partial charge in [-0.3, -0.25) is 9.69 Å². The molecule has 0 aromatic carbocycles. The van der Waals surface area contributed by atoms with Crippen LogP contribution in [-0.2, 0) is 14.3 Å². The third-order valence-corrected chi connectivity index (χ3v) is 7.04. The van der Waals surface area contributed by atoms with Gasteiger partial charge in [-0.1, -0.05) is 6.42 Å². The highest BCUT2D eigenvalue weighted by atomic mass is 16.6. The van der Waals surface area contributed by atoms with Gasteiger partial charge in [0, 0.05) is 38.1 Å². The van der Waals surface area contributed by atoms with E-state index in [0.29, 0.717) is 37.8 Å². The van der Waals surface area contributed by atoms with Crippen molar-refractivity contribution >= 4 is 12.0 Å². The smallest absolute Gasteiger partial charge is 0.410 e. The third kappa shape index (κ3) is 4.15. The zero-order chi connectivity index (χ0) is 19.5.